The molecule has 0 radical (unpaired) electrons. The van der Waals surface area contributed by atoms with Crippen LogP contribution < -0.4 is 10.9 Å². The molecule has 1 aromatic heterocycles. The van der Waals surface area contributed by atoms with Crippen LogP contribution in [0.2, 0.25) is 0 Å². The molecule has 1 saturated carbocycles. The molecule has 3 aliphatic rings. The first kappa shape index (κ1) is 20.4. The zero-order valence-electron chi connectivity index (χ0n) is 16.9. The highest BCUT2D eigenvalue weighted by molar-refractivity contribution is 5.83. The smallest absolute Gasteiger partial charge is 0.337 e. The predicted octanol–water partition coefficient (Wildman–Crippen LogP) is 3.45. The molecule has 1 amide bonds. The molecule has 1 aromatic carbocycles. The van der Waals surface area contributed by atoms with Gasteiger partial charge in [0.2, 0.25) is 17.6 Å². The summed E-state index contributed by atoms with van der Waals surface area (Å²) in [5, 5.41) is 3.89. The van der Waals surface area contributed by atoms with Crippen molar-refractivity contribution in [3.8, 4) is 11.4 Å². The second-order valence-corrected chi connectivity index (χ2v) is 8.55. The summed E-state index contributed by atoms with van der Waals surface area (Å²) in [4.78, 5) is 19.5. The quantitative estimate of drug-likeness (QED) is 0.769. The van der Waals surface area contributed by atoms with Gasteiger partial charge in [0.15, 0.2) is 0 Å². The molecule has 4 unspecified atom stereocenters. The molecule has 31 heavy (non-hydrogen) atoms. The van der Waals surface area contributed by atoms with Gasteiger partial charge in [-0.25, -0.2) is 5.43 Å². The van der Waals surface area contributed by atoms with E-state index in [9.17, 15) is 18.0 Å². The van der Waals surface area contributed by atoms with Crippen molar-refractivity contribution in [3.05, 3.63) is 35.7 Å². The van der Waals surface area contributed by atoms with E-state index in [0.29, 0.717) is 19.0 Å². The Hall–Kier alpha value is -2.46. The topological polar surface area (TPSA) is 83.3 Å². The average Bonchev–Trinajstić information content (AvgIpc) is 3.51. The van der Waals surface area contributed by atoms with Gasteiger partial charge in [0.25, 0.3) is 0 Å². The Morgan fingerprint density at radius 1 is 1.13 bits per heavy atom. The molecule has 3 heterocycles. The van der Waals surface area contributed by atoms with E-state index in [4.69, 9.17) is 4.52 Å². The third-order valence-electron chi connectivity index (χ3n) is 6.65. The van der Waals surface area contributed by atoms with Gasteiger partial charge in [0.1, 0.15) is 12.1 Å². The first-order chi connectivity index (χ1) is 14.9. The maximum Gasteiger partial charge on any atom is 0.416 e. The molecule has 5 rings (SSSR count). The first-order valence-electron chi connectivity index (χ1n) is 10.7. The van der Waals surface area contributed by atoms with Gasteiger partial charge in [-0.3, -0.25) is 10.2 Å². The Morgan fingerprint density at radius 3 is 2.81 bits per heavy atom. The van der Waals surface area contributed by atoms with E-state index in [1.807, 2.05) is 0 Å². The fourth-order valence-electron chi connectivity index (χ4n) is 5.07. The van der Waals surface area contributed by atoms with E-state index in [-0.39, 0.29) is 41.2 Å². The van der Waals surface area contributed by atoms with Gasteiger partial charge in [0, 0.05) is 24.1 Å². The highest BCUT2D eigenvalue weighted by Gasteiger charge is 2.45. The van der Waals surface area contributed by atoms with Crippen molar-refractivity contribution < 1.29 is 22.5 Å². The summed E-state index contributed by atoms with van der Waals surface area (Å²) in [5.41, 5.74) is 5.92. The summed E-state index contributed by atoms with van der Waals surface area (Å²) in [6.07, 6.45) is 1.42. The number of hydrogen-bond donors (Lipinski definition) is 2. The molecule has 2 N–H and O–H groups in total. The van der Waals surface area contributed by atoms with Gasteiger partial charge in [-0.05, 0) is 37.8 Å². The number of fused-ring (bicyclic) bond motifs is 1. The number of likely N-dealkylation sites (tertiary alicyclic amines) is 1. The molecule has 166 valence electrons. The van der Waals surface area contributed by atoms with Crippen molar-refractivity contribution in [1.82, 2.24) is 25.9 Å². The van der Waals surface area contributed by atoms with Gasteiger partial charge in [0.05, 0.1) is 5.56 Å². The molecule has 7 nitrogen and oxygen atoms in total. The zero-order chi connectivity index (χ0) is 21.6. The van der Waals surface area contributed by atoms with E-state index < -0.39 is 11.7 Å². The lowest BCUT2D eigenvalue weighted by Gasteiger charge is -2.30. The number of hydrazine groups is 1. The fourth-order valence-corrected chi connectivity index (χ4v) is 5.07. The Labute approximate surface area is 177 Å². The Bertz CT molecular complexity index is 962. The molecule has 2 aliphatic heterocycles. The largest absolute Gasteiger partial charge is 0.416 e. The number of nitrogens with one attached hydrogen (secondary N) is 2. The Balaban J connectivity index is 1.35. The molecule has 2 saturated heterocycles. The number of hydrogen-bond acceptors (Lipinski definition) is 6. The minimum Gasteiger partial charge on any atom is -0.337 e. The van der Waals surface area contributed by atoms with E-state index in [2.05, 4.69) is 21.0 Å². The number of alkyl halides is 3. The number of aromatic nitrogens is 2. The van der Waals surface area contributed by atoms with Crippen LogP contribution in [-0.4, -0.2) is 39.6 Å². The Morgan fingerprint density at radius 2 is 1.97 bits per heavy atom. The summed E-state index contributed by atoms with van der Waals surface area (Å²) < 4.78 is 44.5. The Kier molecular flexibility index (Phi) is 5.21. The van der Waals surface area contributed by atoms with Crippen molar-refractivity contribution in [1.29, 1.82) is 0 Å². The van der Waals surface area contributed by atoms with E-state index in [1.54, 1.807) is 4.90 Å². The van der Waals surface area contributed by atoms with Crippen LogP contribution >= 0.6 is 0 Å². The number of halogens is 3. The first-order valence-corrected chi connectivity index (χ1v) is 10.7. The minimum atomic E-state index is -4.45. The van der Waals surface area contributed by atoms with Crippen LogP contribution in [0.4, 0.5) is 13.2 Å². The normalized spacial score (nSPS) is 28.7. The second kappa shape index (κ2) is 7.90. The molecule has 4 atom stereocenters. The third kappa shape index (κ3) is 3.82. The number of nitrogens with zero attached hydrogens (tertiary/aromatic N) is 3. The fraction of sp³-hybridized carbons (Fsp3) is 0.571. The summed E-state index contributed by atoms with van der Waals surface area (Å²) >= 11 is 0. The van der Waals surface area contributed by atoms with Crippen LogP contribution in [0.1, 0.15) is 56.0 Å². The lowest BCUT2D eigenvalue weighted by atomic mass is 9.81. The van der Waals surface area contributed by atoms with Gasteiger partial charge < -0.3 is 9.42 Å². The predicted molar refractivity (Wildman–Crippen MR) is 104 cm³/mol. The molecular formula is C21H24F3N5O2. The van der Waals surface area contributed by atoms with Crippen LogP contribution in [0.3, 0.4) is 0 Å². The molecule has 2 aromatic rings. The molecule has 0 spiro atoms. The second-order valence-electron chi connectivity index (χ2n) is 8.55. The van der Waals surface area contributed by atoms with Gasteiger partial charge >= 0.3 is 6.18 Å². The maximum atomic E-state index is 13.3. The SMILES string of the molecule is O=C(C1NNC2CCCCC21)N1CCCC1c1nc(-c2cccc(C(F)(F)F)c2)no1. The van der Waals surface area contributed by atoms with Crippen molar-refractivity contribution in [3.63, 3.8) is 0 Å². The standard InChI is InChI=1S/C21H24F3N5O2/c22-21(23,24)13-6-3-5-12(11-13)18-25-19(31-28-18)16-9-4-10-29(16)20(30)17-14-7-1-2-8-15(14)26-27-17/h3,5-6,11,14-17,26-27H,1-2,4,7-10H2. The lowest BCUT2D eigenvalue weighted by molar-refractivity contribution is -0.137. The van der Waals surface area contributed by atoms with Crippen molar-refractivity contribution in [2.45, 2.75) is 62.8 Å². The monoisotopic (exact) mass is 435 g/mol. The van der Waals surface area contributed by atoms with Crippen LogP contribution in [-0.2, 0) is 11.0 Å². The number of carbonyl (C=O) groups is 1. The zero-order valence-corrected chi connectivity index (χ0v) is 16.9. The van der Waals surface area contributed by atoms with E-state index in [0.717, 1.165) is 37.8 Å². The molecule has 0 bridgehead atoms. The molecule has 10 heteroatoms. The average molecular weight is 435 g/mol. The maximum absolute atomic E-state index is 13.3. The van der Waals surface area contributed by atoms with Crippen LogP contribution in [0.5, 0.6) is 0 Å². The summed E-state index contributed by atoms with van der Waals surface area (Å²) in [5.74, 6) is 0.645. The van der Waals surface area contributed by atoms with Crippen molar-refractivity contribution in [2.24, 2.45) is 5.92 Å². The van der Waals surface area contributed by atoms with Crippen molar-refractivity contribution >= 4 is 5.91 Å². The van der Waals surface area contributed by atoms with Crippen LogP contribution in [0.25, 0.3) is 11.4 Å². The molecule has 3 fully saturated rings. The summed E-state index contributed by atoms with van der Waals surface area (Å²) in [6.45, 7) is 0.598. The van der Waals surface area contributed by atoms with Gasteiger partial charge in [-0.1, -0.05) is 30.1 Å². The third-order valence-corrected chi connectivity index (χ3v) is 6.65. The van der Waals surface area contributed by atoms with E-state index in [1.165, 1.54) is 18.6 Å². The number of benzene rings is 1. The van der Waals surface area contributed by atoms with Gasteiger partial charge in [-0.2, -0.15) is 18.2 Å². The highest BCUT2D eigenvalue weighted by Crippen LogP contribution is 2.37. The molecular weight excluding hydrogens is 411 g/mol. The number of rotatable bonds is 3. The summed E-state index contributed by atoms with van der Waals surface area (Å²) in [6, 6.07) is 4.52. The number of amides is 1. The van der Waals surface area contributed by atoms with Crippen LogP contribution in [0, 0.1) is 5.92 Å². The van der Waals surface area contributed by atoms with Gasteiger partial charge in [-0.15, -0.1) is 0 Å². The molecule has 1 aliphatic carbocycles. The van der Waals surface area contributed by atoms with E-state index >= 15 is 0 Å². The number of carbonyl (C=O) groups excluding carboxylic acids is 1. The highest BCUT2D eigenvalue weighted by atomic mass is 19.4. The lowest BCUT2D eigenvalue weighted by Crippen LogP contribution is -2.47. The van der Waals surface area contributed by atoms with Crippen LogP contribution in [0.15, 0.2) is 28.8 Å². The van der Waals surface area contributed by atoms with Crippen molar-refractivity contribution in [2.75, 3.05) is 6.54 Å². The minimum absolute atomic E-state index is 0.0169. The summed E-state index contributed by atoms with van der Waals surface area (Å²) in [7, 11) is 0.